The van der Waals surface area contributed by atoms with E-state index in [1.165, 1.54) is 0 Å². The molecule has 0 fully saturated rings. The fourth-order valence-corrected chi connectivity index (χ4v) is 4.01. The van der Waals surface area contributed by atoms with Crippen molar-refractivity contribution in [3.05, 3.63) is 101 Å². The third-order valence-electron chi connectivity index (χ3n) is 5.79. The Labute approximate surface area is 198 Å². The quantitative estimate of drug-likeness (QED) is 0.479. The zero-order valence-corrected chi connectivity index (χ0v) is 19.6. The molecule has 0 bridgehead atoms. The predicted octanol–water partition coefficient (Wildman–Crippen LogP) is 2.89. The Balaban J connectivity index is 1.68. The summed E-state index contributed by atoms with van der Waals surface area (Å²) in [5.74, 6) is -0.317. The second-order valence-corrected chi connectivity index (χ2v) is 8.71. The van der Waals surface area contributed by atoms with E-state index >= 15 is 0 Å². The standard InChI is InChI=1S/C27H28N2O5/c1-18-12-13-22(34-18)25(30)23-24(29(15-14-28(2)3)27(32)26(23)31)20-10-7-11-21(16-20)33-17-19-8-5-4-6-9-19/h4-13,16,24,31H,14-15,17H2,1-3H3/p+1/t24-/m1/s1. The Bertz CT molecular complexity index is 1210. The van der Waals surface area contributed by atoms with E-state index in [0.717, 1.165) is 10.5 Å². The number of ether oxygens (including phenoxy) is 1. The van der Waals surface area contributed by atoms with Crippen LogP contribution < -0.4 is 9.64 Å². The van der Waals surface area contributed by atoms with Crippen molar-refractivity contribution in [3.8, 4) is 5.75 Å². The summed E-state index contributed by atoms with van der Waals surface area (Å²) in [6.07, 6.45) is 0. The van der Waals surface area contributed by atoms with Crippen LogP contribution in [-0.2, 0) is 11.4 Å². The number of benzene rings is 2. The van der Waals surface area contributed by atoms with Crippen LogP contribution in [0.1, 0.15) is 33.5 Å². The first kappa shape index (κ1) is 23.3. The third kappa shape index (κ3) is 4.89. The zero-order chi connectivity index (χ0) is 24.2. The van der Waals surface area contributed by atoms with Crippen molar-refractivity contribution < 1.29 is 28.7 Å². The van der Waals surface area contributed by atoms with Crippen LogP contribution in [0, 0.1) is 6.92 Å². The van der Waals surface area contributed by atoms with Crippen LogP contribution in [0.25, 0.3) is 0 Å². The van der Waals surface area contributed by atoms with Crippen LogP contribution in [0.4, 0.5) is 0 Å². The van der Waals surface area contributed by atoms with Gasteiger partial charge in [0.15, 0.2) is 11.5 Å². The molecule has 0 saturated carbocycles. The van der Waals surface area contributed by atoms with E-state index in [4.69, 9.17) is 9.15 Å². The highest BCUT2D eigenvalue weighted by Crippen LogP contribution is 2.39. The lowest BCUT2D eigenvalue weighted by Gasteiger charge is -2.27. The number of furan rings is 1. The number of nitrogens with one attached hydrogen (secondary N) is 1. The monoisotopic (exact) mass is 461 g/mol. The number of rotatable bonds is 9. The molecule has 7 nitrogen and oxygen atoms in total. The smallest absolute Gasteiger partial charge is 0.290 e. The normalized spacial score (nSPS) is 15.9. The third-order valence-corrected chi connectivity index (χ3v) is 5.79. The molecule has 0 aliphatic carbocycles. The Kier molecular flexibility index (Phi) is 6.84. The number of nitrogens with zero attached hydrogens (tertiary/aromatic N) is 1. The van der Waals surface area contributed by atoms with E-state index < -0.39 is 23.5 Å². The molecule has 2 N–H and O–H groups in total. The molecule has 1 amide bonds. The van der Waals surface area contributed by atoms with Gasteiger partial charge >= 0.3 is 0 Å². The molecule has 1 aliphatic heterocycles. The summed E-state index contributed by atoms with van der Waals surface area (Å²) < 4.78 is 11.5. The molecule has 1 atom stereocenters. The van der Waals surface area contributed by atoms with Gasteiger partial charge in [0, 0.05) is 0 Å². The van der Waals surface area contributed by atoms with Gasteiger partial charge in [-0.25, -0.2) is 0 Å². The molecule has 0 saturated heterocycles. The van der Waals surface area contributed by atoms with Gasteiger partial charge < -0.3 is 24.1 Å². The van der Waals surface area contributed by atoms with E-state index in [1.54, 1.807) is 24.0 Å². The number of aliphatic hydroxyl groups excluding tert-OH is 1. The molecule has 0 radical (unpaired) electrons. The highest BCUT2D eigenvalue weighted by Gasteiger charge is 2.44. The lowest BCUT2D eigenvalue weighted by molar-refractivity contribution is -0.857. The van der Waals surface area contributed by atoms with Gasteiger partial charge in [-0.3, -0.25) is 9.59 Å². The molecule has 176 valence electrons. The van der Waals surface area contributed by atoms with Gasteiger partial charge in [-0.1, -0.05) is 42.5 Å². The number of carbonyl (C=O) groups is 2. The Morgan fingerprint density at radius 3 is 2.53 bits per heavy atom. The van der Waals surface area contributed by atoms with E-state index in [1.807, 2.05) is 68.7 Å². The minimum atomic E-state index is -0.745. The average Bonchev–Trinajstić information content (AvgIpc) is 3.38. The molecule has 7 heteroatoms. The van der Waals surface area contributed by atoms with Crippen molar-refractivity contribution in [1.29, 1.82) is 0 Å². The van der Waals surface area contributed by atoms with Crippen LogP contribution >= 0.6 is 0 Å². The summed E-state index contributed by atoms with van der Waals surface area (Å²) in [4.78, 5) is 29.1. The van der Waals surface area contributed by atoms with Gasteiger partial charge in [0.25, 0.3) is 5.91 Å². The number of amides is 1. The van der Waals surface area contributed by atoms with Crippen molar-refractivity contribution in [2.45, 2.75) is 19.6 Å². The Morgan fingerprint density at radius 2 is 1.85 bits per heavy atom. The summed E-state index contributed by atoms with van der Waals surface area (Å²) in [7, 11) is 3.97. The molecule has 0 unspecified atom stereocenters. The molecule has 2 aromatic carbocycles. The largest absolute Gasteiger partial charge is 0.503 e. The summed E-state index contributed by atoms with van der Waals surface area (Å²) in [5.41, 5.74) is 1.73. The first-order valence-corrected chi connectivity index (χ1v) is 11.3. The van der Waals surface area contributed by atoms with E-state index in [0.29, 0.717) is 36.8 Å². The fourth-order valence-electron chi connectivity index (χ4n) is 4.01. The molecule has 2 heterocycles. The summed E-state index contributed by atoms with van der Waals surface area (Å²) in [6.45, 7) is 3.15. The van der Waals surface area contributed by atoms with Gasteiger partial charge in [-0.05, 0) is 42.3 Å². The molecule has 4 rings (SSSR count). The van der Waals surface area contributed by atoms with E-state index in [2.05, 4.69) is 0 Å². The number of Topliss-reactive ketones (excluding diaryl/α,β-unsaturated/α-hetero) is 1. The van der Waals surface area contributed by atoms with Gasteiger partial charge in [0.1, 0.15) is 18.1 Å². The van der Waals surface area contributed by atoms with E-state index in [9.17, 15) is 14.7 Å². The second kappa shape index (κ2) is 9.97. The van der Waals surface area contributed by atoms with Gasteiger partial charge in [0.2, 0.25) is 5.78 Å². The highest BCUT2D eigenvalue weighted by molar-refractivity contribution is 6.15. The predicted molar refractivity (Wildman–Crippen MR) is 127 cm³/mol. The lowest BCUT2D eigenvalue weighted by atomic mass is 9.95. The molecule has 1 aliphatic rings. The van der Waals surface area contributed by atoms with Crippen molar-refractivity contribution >= 4 is 11.7 Å². The zero-order valence-electron chi connectivity index (χ0n) is 19.6. The number of hydrogen-bond acceptors (Lipinski definition) is 5. The van der Waals surface area contributed by atoms with Crippen LogP contribution in [0.15, 0.2) is 82.5 Å². The Morgan fingerprint density at radius 1 is 1.09 bits per heavy atom. The maximum atomic E-state index is 13.4. The first-order chi connectivity index (χ1) is 16.3. The number of carbonyl (C=O) groups excluding carboxylic acids is 2. The van der Waals surface area contributed by atoms with Crippen LogP contribution in [0.5, 0.6) is 5.75 Å². The van der Waals surface area contributed by atoms with Crippen molar-refractivity contribution in [3.63, 3.8) is 0 Å². The fraction of sp³-hybridized carbons (Fsp3) is 0.259. The van der Waals surface area contributed by atoms with Crippen molar-refractivity contribution in [2.75, 3.05) is 27.2 Å². The van der Waals surface area contributed by atoms with Gasteiger partial charge in [-0.15, -0.1) is 0 Å². The lowest BCUT2D eigenvalue weighted by Crippen LogP contribution is -3.06. The SMILES string of the molecule is Cc1ccc(C(=O)C2=C(O)C(=O)N(CC[NH+](C)C)[C@@H]2c2cccc(OCc3ccccc3)c2)o1. The molecule has 3 aromatic rings. The maximum absolute atomic E-state index is 13.4. The molecule has 1 aromatic heterocycles. The van der Waals surface area contributed by atoms with E-state index in [-0.39, 0.29) is 11.3 Å². The topological polar surface area (TPSA) is 84.4 Å². The maximum Gasteiger partial charge on any atom is 0.290 e. The number of ketones is 1. The van der Waals surface area contributed by atoms with Gasteiger partial charge in [0.05, 0.1) is 38.8 Å². The number of hydrogen-bond donors (Lipinski definition) is 2. The van der Waals surface area contributed by atoms with Crippen LogP contribution in [0.2, 0.25) is 0 Å². The van der Waals surface area contributed by atoms with Crippen LogP contribution in [0.3, 0.4) is 0 Å². The first-order valence-electron chi connectivity index (χ1n) is 11.3. The number of quaternary nitrogens is 1. The van der Waals surface area contributed by atoms with Gasteiger partial charge in [-0.2, -0.15) is 0 Å². The number of likely N-dealkylation sites (N-methyl/N-ethyl adjacent to an activating group) is 1. The van der Waals surface area contributed by atoms with Crippen LogP contribution in [-0.4, -0.2) is 48.9 Å². The summed E-state index contributed by atoms with van der Waals surface area (Å²) in [5, 5.41) is 10.8. The molecule has 34 heavy (non-hydrogen) atoms. The van der Waals surface area contributed by atoms with Crippen molar-refractivity contribution in [1.82, 2.24) is 4.90 Å². The number of aliphatic hydroxyl groups is 1. The number of aryl methyl sites for hydroxylation is 1. The Hall–Kier alpha value is -3.84. The summed E-state index contributed by atoms with van der Waals surface area (Å²) in [6, 6.07) is 19.6. The molecular weight excluding hydrogens is 432 g/mol. The van der Waals surface area contributed by atoms with Crippen molar-refractivity contribution in [2.24, 2.45) is 0 Å². The minimum Gasteiger partial charge on any atom is -0.503 e. The molecule has 0 spiro atoms. The highest BCUT2D eigenvalue weighted by atomic mass is 16.5. The minimum absolute atomic E-state index is 0.0216. The summed E-state index contributed by atoms with van der Waals surface area (Å²) >= 11 is 0. The second-order valence-electron chi connectivity index (χ2n) is 8.71. The average molecular weight is 462 g/mol. The molecular formula is C27H29N2O5+.